The summed E-state index contributed by atoms with van der Waals surface area (Å²) in [6.07, 6.45) is 0.939. The lowest BCUT2D eigenvalue weighted by molar-refractivity contribution is -0.140. The number of para-hydroxylation sites is 1. The highest BCUT2D eigenvalue weighted by Gasteiger charge is 2.26. The molecule has 172 valence electrons. The maximum absolute atomic E-state index is 13.2. The summed E-state index contributed by atoms with van der Waals surface area (Å²) in [4.78, 5) is 27.9. The van der Waals surface area contributed by atoms with Gasteiger partial charge in [-0.2, -0.15) is 0 Å². The van der Waals surface area contributed by atoms with Gasteiger partial charge in [0.05, 0.1) is 7.11 Å². The number of benzene rings is 3. The molecule has 0 saturated carbocycles. The van der Waals surface area contributed by atoms with Gasteiger partial charge in [0.2, 0.25) is 11.8 Å². The van der Waals surface area contributed by atoms with Crippen LogP contribution in [0.1, 0.15) is 30.0 Å². The van der Waals surface area contributed by atoms with Crippen molar-refractivity contribution in [2.45, 2.75) is 38.9 Å². The topological polar surface area (TPSA) is 58.6 Å². The number of rotatable bonds is 10. The Balaban J connectivity index is 1.71. The van der Waals surface area contributed by atoms with Gasteiger partial charge < -0.3 is 15.0 Å². The van der Waals surface area contributed by atoms with Crippen LogP contribution in [0.15, 0.2) is 78.9 Å². The zero-order chi connectivity index (χ0) is 23.6. The summed E-state index contributed by atoms with van der Waals surface area (Å²) in [5.74, 6) is 0.416. The van der Waals surface area contributed by atoms with Crippen LogP contribution in [0.4, 0.5) is 0 Å². The van der Waals surface area contributed by atoms with Crippen LogP contribution in [-0.4, -0.2) is 29.9 Å². The Morgan fingerprint density at radius 3 is 2.30 bits per heavy atom. The quantitative estimate of drug-likeness (QED) is 0.458. The molecule has 3 rings (SSSR count). The number of amides is 2. The Labute approximate surface area is 200 Å². The second-order valence-electron chi connectivity index (χ2n) is 7.84. The van der Waals surface area contributed by atoms with Crippen molar-refractivity contribution >= 4 is 23.4 Å². The minimum atomic E-state index is -0.640. The van der Waals surface area contributed by atoms with E-state index in [-0.39, 0.29) is 11.8 Å². The third kappa shape index (κ3) is 7.09. The molecule has 0 saturated heterocycles. The molecule has 33 heavy (non-hydrogen) atoms. The average molecular weight is 465 g/mol. The van der Waals surface area contributed by atoms with Gasteiger partial charge in [-0.1, -0.05) is 72.3 Å². The van der Waals surface area contributed by atoms with Crippen molar-refractivity contribution in [2.24, 2.45) is 0 Å². The highest BCUT2D eigenvalue weighted by atomic mass is 35.5. The Kier molecular flexibility index (Phi) is 8.90. The van der Waals surface area contributed by atoms with Crippen LogP contribution < -0.4 is 10.1 Å². The molecule has 0 unspecified atom stereocenters. The largest absolute Gasteiger partial charge is 0.496 e. The van der Waals surface area contributed by atoms with Gasteiger partial charge in [0.25, 0.3) is 0 Å². The Morgan fingerprint density at radius 1 is 0.939 bits per heavy atom. The fourth-order valence-electron chi connectivity index (χ4n) is 3.59. The normalized spacial score (nSPS) is 11.5. The first-order chi connectivity index (χ1) is 16.0. The van der Waals surface area contributed by atoms with Gasteiger partial charge in [0, 0.05) is 30.1 Å². The predicted octanol–water partition coefficient (Wildman–Crippen LogP) is 5.01. The van der Waals surface area contributed by atoms with E-state index in [0.29, 0.717) is 36.7 Å². The molecule has 0 spiro atoms. The lowest BCUT2D eigenvalue weighted by Gasteiger charge is -2.29. The van der Waals surface area contributed by atoms with E-state index in [2.05, 4.69) is 5.32 Å². The van der Waals surface area contributed by atoms with Gasteiger partial charge in [-0.25, -0.2) is 0 Å². The van der Waals surface area contributed by atoms with Crippen LogP contribution in [0.2, 0.25) is 5.02 Å². The van der Waals surface area contributed by atoms with Crippen LogP contribution in [0, 0.1) is 0 Å². The summed E-state index contributed by atoms with van der Waals surface area (Å²) >= 11 is 6.01. The van der Waals surface area contributed by atoms with Crippen molar-refractivity contribution in [2.75, 3.05) is 7.11 Å². The number of hydrogen-bond donors (Lipinski definition) is 1. The molecule has 0 aliphatic carbocycles. The number of nitrogens with zero attached hydrogens (tertiary/aromatic N) is 1. The molecule has 0 heterocycles. The zero-order valence-corrected chi connectivity index (χ0v) is 19.7. The van der Waals surface area contributed by atoms with E-state index < -0.39 is 6.04 Å². The van der Waals surface area contributed by atoms with Crippen molar-refractivity contribution < 1.29 is 14.3 Å². The highest BCUT2D eigenvalue weighted by molar-refractivity contribution is 6.30. The van der Waals surface area contributed by atoms with E-state index in [1.165, 1.54) is 0 Å². The molecule has 2 amide bonds. The Hall–Kier alpha value is -3.31. The summed E-state index contributed by atoms with van der Waals surface area (Å²) in [7, 11) is 1.60. The van der Waals surface area contributed by atoms with E-state index in [1.54, 1.807) is 31.1 Å². The Bertz CT molecular complexity index is 1050. The van der Waals surface area contributed by atoms with E-state index in [1.807, 2.05) is 66.7 Å². The van der Waals surface area contributed by atoms with Crippen molar-refractivity contribution in [1.82, 2.24) is 10.2 Å². The van der Waals surface area contributed by atoms with Gasteiger partial charge in [-0.05, 0) is 42.7 Å². The third-order valence-electron chi connectivity index (χ3n) is 5.55. The molecule has 0 aliphatic heterocycles. The number of methoxy groups -OCH3 is 1. The van der Waals surface area contributed by atoms with Crippen LogP contribution in [0.3, 0.4) is 0 Å². The zero-order valence-electron chi connectivity index (χ0n) is 19.0. The van der Waals surface area contributed by atoms with Crippen molar-refractivity contribution in [3.05, 3.63) is 101 Å². The molecule has 0 fully saturated rings. The average Bonchev–Trinajstić information content (AvgIpc) is 2.85. The van der Waals surface area contributed by atoms with Crippen LogP contribution in [0.5, 0.6) is 5.75 Å². The Morgan fingerprint density at radius 2 is 1.61 bits per heavy atom. The molecule has 0 aromatic heterocycles. The first-order valence-electron chi connectivity index (χ1n) is 11.0. The summed E-state index contributed by atoms with van der Waals surface area (Å²) in [6.45, 7) is 2.40. The van der Waals surface area contributed by atoms with E-state index in [0.717, 1.165) is 16.7 Å². The smallest absolute Gasteiger partial charge is 0.242 e. The van der Waals surface area contributed by atoms with E-state index in [4.69, 9.17) is 16.3 Å². The van der Waals surface area contributed by atoms with Crippen molar-refractivity contribution in [3.63, 3.8) is 0 Å². The summed E-state index contributed by atoms with van der Waals surface area (Å²) in [6, 6.07) is 24.1. The molecule has 3 aromatic carbocycles. The molecular formula is C27H29ClN2O3. The second-order valence-corrected chi connectivity index (χ2v) is 8.28. The highest BCUT2D eigenvalue weighted by Crippen LogP contribution is 2.18. The maximum Gasteiger partial charge on any atom is 0.242 e. The van der Waals surface area contributed by atoms with Crippen LogP contribution in [0.25, 0.3) is 0 Å². The van der Waals surface area contributed by atoms with Crippen molar-refractivity contribution in [1.29, 1.82) is 0 Å². The molecule has 0 bridgehead atoms. The minimum Gasteiger partial charge on any atom is -0.496 e. The van der Waals surface area contributed by atoms with Crippen molar-refractivity contribution in [3.8, 4) is 5.75 Å². The minimum absolute atomic E-state index is 0.0752. The number of ether oxygens (including phenoxy) is 1. The predicted molar refractivity (Wildman–Crippen MR) is 131 cm³/mol. The lowest BCUT2D eigenvalue weighted by atomic mass is 10.1. The van der Waals surface area contributed by atoms with Gasteiger partial charge >= 0.3 is 0 Å². The fraction of sp³-hybridized carbons (Fsp3) is 0.259. The van der Waals surface area contributed by atoms with E-state index >= 15 is 0 Å². The van der Waals surface area contributed by atoms with Crippen LogP contribution in [-0.2, 0) is 29.1 Å². The first kappa shape index (κ1) is 24.3. The molecule has 0 radical (unpaired) electrons. The summed E-state index contributed by atoms with van der Waals surface area (Å²) in [5, 5.41) is 3.57. The standard InChI is InChI=1S/C27H29ClN2O3/c1-20(27(32)29-18-23-10-6-7-11-25(23)33-2)30(19-22-12-15-24(28)16-13-22)26(31)17-14-21-8-4-3-5-9-21/h3-13,15-16,20H,14,17-19H2,1-2H3,(H,29,32)/t20-/m0/s1. The van der Waals surface area contributed by atoms with Gasteiger partial charge in [0.1, 0.15) is 11.8 Å². The molecule has 3 aromatic rings. The van der Waals surface area contributed by atoms with Gasteiger partial charge in [-0.15, -0.1) is 0 Å². The first-order valence-corrected chi connectivity index (χ1v) is 11.3. The number of carbonyl (C=O) groups is 2. The number of aryl methyl sites for hydroxylation is 1. The molecule has 1 atom stereocenters. The monoisotopic (exact) mass is 464 g/mol. The number of hydrogen-bond acceptors (Lipinski definition) is 3. The number of carbonyl (C=O) groups excluding carboxylic acids is 2. The molecule has 0 aliphatic rings. The molecule has 6 heteroatoms. The second kappa shape index (κ2) is 12.1. The summed E-state index contributed by atoms with van der Waals surface area (Å²) in [5.41, 5.74) is 2.88. The van der Waals surface area contributed by atoms with Gasteiger partial charge in [-0.3, -0.25) is 9.59 Å². The lowest BCUT2D eigenvalue weighted by Crippen LogP contribution is -2.47. The SMILES string of the molecule is COc1ccccc1CNC(=O)[C@H](C)N(Cc1ccc(Cl)cc1)C(=O)CCc1ccccc1. The maximum atomic E-state index is 13.2. The van der Waals surface area contributed by atoms with E-state index in [9.17, 15) is 9.59 Å². The third-order valence-corrected chi connectivity index (χ3v) is 5.80. The molecule has 5 nitrogen and oxygen atoms in total. The molecule has 1 N–H and O–H groups in total. The summed E-state index contributed by atoms with van der Waals surface area (Å²) < 4.78 is 5.36. The number of halogens is 1. The van der Waals surface area contributed by atoms with Crippen LogP contribution >= 0.6 is 11.6 Å². The van der Waals surface area contributed by atoms with Gasteiger partial charge in [0.15, 0.2) is 0 Å². The number of nitrogens with one attached hydrogen (secondary N) is 1. The fourth-order valence-corrected chi connectivity index (χ4v) is 3.71. The molecular weight excluding hydrogens is 436 g/mol.